The summed E-state index contributed by atoms with van der Waals surface area (Å²) in [5, 5.41) is 0. The zero-order valence-corrected chi connectivity index (χ0v) is 8.13. The number of rotatable bonds is 6. The molecular weight excluding hydrogens is 164 g/mol. The van der Waals surface area contributed by atoms with Crippen molar-refractivity contribution < 1.29 is 9.53 Å². The first-order chi connectivity index (χ1) is 6.34. The second-order valence-electron chi connectivity index (χ2n) is 3.56. The normalized spacial score (nSPS) is 17.5. The van der Waals surface area contributed by atoms with Crippen molar-refractivity contribution in [1.29, 1.82) is 0 Å². The molecule has 2 heteroatoms. The molecule has 0 bridgehead atoms. The van der Waals surface area contributed by atoms with E-state index in [2.05, 4.69) is 6.58 Å². The van der Waals surface area contributed by atoms with Crippen molar-refractivity contribution in [2.75, 3.05) is 13.2 Å². The van der Waals surface area contributed by atoms with Gasteiger partial charge in [0.25, 0.3) is 0 Å². The monoisotopic (exact) mass is 182 g/mol. The van der Waals surface area contributed by atoms with E-state index in [9.17, 15) is 4.79 Å². The average Bonchev–Trinajstić information content (AvgIpc) is 2.65. The molecule has 0 unspecified atom stereocenters. The highest BCUT2D eigenvalue weighted by atomic mass is 16.5. The van der Waals surface area contributed by atoms with E-state index in [1.54, 1.807) is 6.08 Å². The maximum Gasteiger partial charge on any atom is 0.138 e. The maximum absolute atomic E-state index is 11.5. The number of ketones is 1. The van der Waals surface area contributed by atoms with E-state index in [4.69, 9.17) is 4.74 Å². The van der Waals surface area contributed by atoms with Crippen LogP contribution in [0.25, 0.3) is 0 Å². The fourth-order valence-corrected chi connectivity index (χ4v) is 1.79. The lowest BCUT2D eigenvalue weighted by atomic mass is 10.0. The molecule has 13 heavy (non-hydrogen) atoms. The molecule has 1 rings (SSSR count). The molecule has 0 amide bonds. The summed E-state index contributed by atoms with van der Waals surface area (Å²) in [6.07, 6.45) is 6.94. The minimum Gasteiger partial charge on any atom is -0.377 e. The Kier molecular flexibility index (Phi) is 4.76. The largest absolute Gasteiger partial charge is 0.377 e. The van der Waals surface area contributed by atoms with Crippen molar-refractivity contribution in [2.24, 2.45) is 5.92 Å². The van der Waals surface area contributed by atoms with Crippen LogP contribution in [0.2, 0.25) is 0 Å². The molecule has 0 aromatic heterocycles. The van der Waals surface area contributed by atoms with Crippen LogP contribution in [0, 0.1) is 5.92 Å². The first-order valence-electron chi connectivity index (χ1n) is 5.06. The Hall–Kier alpha value is -0.630. The van der Waals surface area contributed by atoms with E-state index in [1.165, 1.54) is 12.8 Å². The topological polar surface area (TPSA) is 26.3 Å². The Bertz CT molecular complexity index is 169. The van der Waals surface area contributed by atoms with Gasteiger partial charge in [0.2, 0.25) is 0 Å². The summed E-state index contributed by atoms with van der Waals surface area (Å²) in [5.74, 6) is 0.730. The molecule has 1 aliphatic carbocycles. The molecule has 0 saturated heterocycles. The first kappa shape index (κ1) is 10.5. The minimum absolute atomic E-state index is 0.340. The van der Waals surface area contributed by atoms with Gasteiger partial charge in [-0.2, -0.15) is 0 Å². The van der Waals surface area contributed by atoms with Gasteiger partial charge in [-0.1, -0.05) is 18.9 Å². The van der Waals surface area contributed by atoms with Gasteiger partial charge in [0, 0.05) is 12.3 Å². The SMILES string of the molecule is C=CCOCCC(=O)C1CCCC1. The number of carbonyl (C=O) groups is 1. The molecule has 2 nitrogen and oxygen atoms in total. The minimum atomic E-state index is 0.340. The van der Waals surface area contributed by atoms with E-state index in [0.717, 1.165) is 12.8 Å². The second kappa shape index (κ2) is 5.92. The van der Waals surface area contributed by atoms with Gasteiger partial charge in [0.1, 0.15) is 5.78 Å². The summed E-state index contributed by atoms with van der Waals surface area (Å²) in [5.41, 5.74) is 0. The smallest absolute Gasteiger partial charge is 0.138 e. The van der Waals surface area contributed by atoms with Gasteiger partial charge in [-0.25, -0.2) is 0 Å². The van der Waals surface area contributed by atoms with Crippen molar-refractivity contribution in [1.82, 2.24) is 0 Å². The van der Waals surface area contributed by atoms with Gasteiger partial charge in [0.15, 0.2) is 0 Å². The van der Waals surface area contributed by atoms with E-state index < -0.39 is 0 Å². The molecule has 0 atom stereocenters. The van der Waals surface area contributed by atoms with Crippen LogP contribution in [0.4, 0.5) is 0 Å². The average molecular weight is 182 g/mol. The van der Waals surface area contributed by atoms with Crippen molar-refractivity contribution in [2.45, 2.75) is 32.1 Å². The molecule has 0 aliphatic heterocycles. The Morgan fingerprint density at radius 1 is 1.46 bits per heavy atom. The van der Waals surface area contributed by atoms with Crippen LogP contribution in [0.5, 0.6) is 0 Å². The van der Waals surface area contributed by atoms with Crippen LogP contribution in [-0.4, -0.2) is 19.0 Å². The third kappa shape index (κ3) is 3.73. The fraction of sp³-hybridized carbons (Fsp3) is 0.727. The highest BCUT2D eigenvalue weighted by Crippen LogP contribution is 2.26. The van der Waals surface area contributed by atoms with Gasteiger partial charge in [0.05, 0.1) is 13.2 Å². The summed E-state index contributed by atoms with van der Waals surface area (Å²) in [4.78, 5) is 11.5. The molecular formula is C11H18O2. The molecule has 0 radical (unpaired) electrons. The van der Waals surface area contributed by atoms with Crippen LogP contribution in [0.15, 0.2) is 12.7 Å². The van der Waals surface area contributed by atoms with Crippen LogP contribution < -0.4 is 0 Å². The highest BCUT2D eigenvalue weighted by molar-refractivity contribution is 5.81. The van der Waals surface area contributed by atoms with Crippen LogP contribution in [0.3, 0.4) is 0 Å². The summed E-state index contributed by atoms with van der Waals surface area (Å²) in [7, 11) is 0. The number of Topliss-reactive ketones (excluding diaryl/α,β-unsaturated/α-hetero) is 1. The Morgan fingerprint density at radius 2 is 2.15 bits per heavy atom. The zero-order valence-electron chi connectivity index (χ0n) is 8.13. The summed E-state index contributed by atoms with van der Waals surface area (Å²) in [6, 6.07) is 0. The van der Waals surface area contributed by atoms with E-state index in [0.29, 0.717) is 31.3 Å². The van der Waals surface area contributed by atoms with Gasteiger partial charge in [-0.15, -0.1) is 6.58 Å². The van der Waals surface area contributed by atoms with E-state index >= 15 is 0 Å². The van der Waals surface area contributed by atoms with Crippen LogP contribution in [-0.2, 0) is 9.53 Å². The van der Waals surface area contributed by atoms with Crippen molar-refractivity contribution in [3.8, 4) is 0 Å². The number of hydrogen-bond acceptors (Lipinski definition) is 2. The van der Waals surface area contributed by atoms with Crippen LogP contribution in [0.1, 0.15) is 32.1 Å². The van der Waals surface area contributed by atoms with Gasteiger partial charge < -0.3 is 4.74 Å². The third-order valence-corrected chi connectivity index (χ3v) is 2.54. The zero-order chi connectivity index (χ0) is 9.52. The van der Waals surface area contributed by atoms with Gasteiger partial charge >= 0.3 is 0 Å². The van der Waals surface area contributed by atoms with E-state index in [-0.39, 0.29) is 0 Å². The maximum atomic E-state index is 11.5. The fourth-order valence-electron chi connectivity index (χ4n) is 1.79. The standard InChI is InChI=1S/C11H18O2/c1-2-8-13-9-7-11(12)10-5-3-4-6-10/h2,10H,1,3-9H2. The summed E-state index contributed by atoms with van der Waals surface area (Å²) >= 11 is 0. The van der Waals surface area contributed by atoms with Crippen molar-refractivity contribution in [3.63, 3.8) is 0 Å². The Balaban J connectivity index is 2.06. The Morgan fingerprint density at radius 3 is 2.77 bits per heavy atom. The van der Waals surface area contributed by atoms with Crippen molar-refractivity contribution >= 4 is 5.78 Å². The van der Waals surface area contributed by atoms with Gasteiger partial charge in [-0.05, 0) is 12.8 Å². The van der Waals surface area contributed by atoms with Crippen LogP contribution >= 0.6 is 0 Å². The molecule has 1 aliphatic rings. The molecule has 0 heterocycles. The molecule has 0 spiro atoms. The highest BCUT2D eigenvalue weighted by Gasteiger charge is 2.21. The molecule has 1 fully saturated rings. The Labute approximate surface area is 80.0 Å². The predicted molar refractivity (Wildman–Crippen MR) is 52.6 cm³/mol. The molecule has 74 valence electrons. The number of carbonyl (C=O) groups excluding carboxylic acids is 1. The first-order valence-corrected chi connectivity index (χ1v) is 5.06. The predicted octanol–water partition coefficient (Wildman–Crippen LogP) is 2.34. The third-order valence-electron chi connectivity index (χ3n) is 2.54. The molecule has 0 aromatic rings. The lowest BCUT2D eigenvalue weighted by Gasteiger charge is -2.06. The summed E-state index contributed by atoms with van der Waals surface area (Å²) in [6.45, 7) is 4.66. The van der Waals surface area contributed by atoms with Crippen molar-refractivity contribution in [3.05, 3.63) is 12.7 Å². The second-order valence-corrected chi connectivity index (χ2v) is 3.56. The molecule has 1 saturated carbocycles. The lowest BCUT2D eigenvalue weighted by molar-refractivity contribution is -0.123. The lowest BCUT2D eigenvalue weighted by Crippen LogP contribution is -2.13. The number of hydrogen-bond donors (Lipinski definition) is 0. The quantitative estimate of drug-likeness (QED) is 0.465. The summed E-state index contributed by atoms with van der Waals surface area (Å²) < 4.78 is 5.17. The van der Waals surface area contributed by atoms with E-state index in [1.807, 2.05) is 0 Å². The molecule has 0 aromatic carbocycles. The molecule has 0 N–H and O–H groups in total. The number of ether oxygens (including phenoxy) is 1. The van der Waals surface area contributed by atoms with Gasteiger partial charge in [-0.3, -0.25) is 4.79 Å².